The smallest absolute Gasteiger partial charge is 0.342 e. The fraction of sp³-hybridized carbons (Fsp3) is 0.105. The Morgan fingerprint density at radius 3 is 2.61 bits per heavy atom. The predicted molar refractivity (Wildman–Crippen MR) is 111 cm³/mol. The van der Waals surface area contributed by atoms with Crippen LogP contribution < -0.4 is 10.1 Å². The van der Waals surface area contributed by atoms with Crippen LogP contribution in [0.4, 0.5) is 5.13 Å². The molecule has 0 radical (unpaired) electrons. The number of thiazole rings is 1. The van der Waals surface area contributed by atoms with Crippen molar-refractivity contribution in [1.82, 2.24) is 4.98 Å². The first-order chi connectivity index (χ1) is 13.5. The topological polar surface area (TPSA) is 77.5 Å². The van der Waals surface area contributed by atoms with E-state index >= 15 is 0 Å². The molecule has 0 unspecified atom stereocenters. The van der Waals surface area contributed by atoms with Crippen molar-refractivity contribution in [3.8, 4) is 5.75 Å². The Morgan fingerprint density at radius 2 is 1.89 bits per heavy atom. The second-order valence-corrected chi connectivity index (χ2v) is 8.35. The summed E-state index contributed by atoms with van der Waals surface area (Å²) in [5.74, 6) is -0.761. The van der Waals surface area contributed by atoms with Crippen LogP contribution in [0.3, 0.4) is 0 Å². The highest BCUT2D eigenvalue weighted by molar-refractivity contribution is 9.11. The highest BCUT2D eigenvalue weighted by Gasteiger charge is 2.16. The van der Waals surface area contributed by atoms with Crippen molar-refractivity contribution in [1.29, 1.82) is 0 Å². The molecular weight excluding hydrogens is 468 g/mol. The van der Waals surface area contributed by atoms with Crippen LogP contribution in [0.2, 0.25) is 5.02 Å². The fourth-order valence-electron chi connectivity index (χ4n) is 2.18. The number of ether oxygens (including phenoxy) is 2. The molecule has 0 saturated heterocycles. The van der Waals surface area contributed by atoms with Crippen molar-refractivity contribution in [3.05, 3.63) is 74.7 Å². The van der Waals surface area contributed by atoms with Gasteiger partial charge in [-0.3, -0.25) is 10.1 Å². The number of anilines is 1. The number of nitrogens with one attached hydrogen (secondary N) is 1. The molecule has 3 aromatic rings. The van der Waals surface area contributed by atoms with Gasteiger partial charge in [0.2, 0.25) is 0 Å². The third kappa shape index (κ3) is 5.79. The van der Waals surface area contributed by atoms with Gasteiger partial charge in [0.15, 0.2) is 11.7 Å². The second kappa shape index (κ2) is 9.68. The van der Waals surface area contributed by atoms with Gasteiger partial charge in [0.25, 0.3) is 5.91 Å². The minimum Gasteiger partial charge on any atom is -0.488 e. The second-order valence-electron chi connectivity index (χ2n) is 5.51. The Bertz CT molecular complexity index is 978. The van der Waals surface area contributed by atoms with Crippen molar-refractivity contribution >= 4 is 55.9 Å². The molecule has 0 aliphatic rings. The zero-order chi connectivity index (χ0) is 19.9. The summed E-state index contributed by atoms with van der Waals surface area (Å²) in [4.78, 5) is 28.2. The molecule has 28 heavy (non-hydrogen) atoms. The molecule has 6 nitrogen and oxygen atoms in total. The summed E-state index contributed by atoms with van der Waals surface area (Å²) in [6.07, 6.45) is 1.57. The van der Waals surface area contributed by atoms with E-state index in [0.29, 0.717) is 15.9 Å². The number of hydrogen-bond acceptors (Lipinski definition) is 6. The summed E-state index contributed by atoms with van der Waals surface area (Å²) in [6, 6.07) is 13.9. The Kier molecular flexibility index (Phi) is 7.02. The minimum atomic E-state index is -0.651. The van der Waals surface area contributed by atoms with E-state index in [0.717, 1.165) is 9.35 Å². The minimum absolute atomic E-state index is 0.237. The lowest BCUT2D eigenvalue weighted by Crippen LogP contribution is -2.21. The quantitative estimate of drug-likeness (QED) is 0.484. The molecule has 0 spiro atoms. The summed E-state index contributed by atoms with van der Waals surface area (Å²) in [7, 11) is 0. The Balaban J connectivity index is 1.57. The van der Waals surface area contributed by atoms with Gasteiger partial charge in [0, 0.05) is 5.02 Å². The third-order valence-corrected chi connectivity index (χ3v) is 5.12. The van der Waals surface area contributed by atoms with Gasteiger partial charge in [-0.25, -0.2) is 9.78 Å². The Labute approximate surface area is 178 Å². The molecule has 0 bridgehead atoms. The van der Waals surface area contributed by atoms with Crippen molar-refractivity contribution in [2.75, 3.05) is 11.9 Å². The molecule has 0 aliphatic carbocycles. The van der Waals surface area contributed by atoms with Crippen LogP contribution in [0, 0.1) is 0 Å². The molecule has 1 heterocycles. The number of carbonyl (C=O) groups is 2. The molecule has 1 N–H and O–H groups in total. The van der Waals surface area contributed by atoms with E-state index in [4.69, 9.17) is 21.1 Å². The predicted octanol–water partition coefficient (Wildman–Crippen LogP) is 4.93. The summed E-state index contributed by atoms with van der Waals surface area (Å²) in [5.41, 5.74) is 1.14. The molecule has 0 saturated carbocycles. The number of rotatable bonds is 7. The van der Waals surface area contributed by atoms with Crippen LogP contribution in [-0.2, 0) is 16.1 Å². The zero-order valence-electron chi connectivity index (χ0n) is 14.4. The van der Waals surface area contributed by atoms with E-state index in [1.54, 1.807) is 42.6 Å². The van der Waals surface area contributed by atoms with Crippen LogP contribution >= 0.6 is 38.9 Å². The normalized spacial score (nSPS) is 10.4. The van der Waals surface area contributed by atoms with Crippen molar-refractivity contribution in [2.24, 2.45) is 0 Å². The molecule has 2 aromatic carbocycles. The first-order valence-corrected chi connectivity index (χ1v) is 10.0. The van der Waals surface area contributed by atoms with Gasteiger partial charge in [-0.15, -0.1) is 0 Å². The van der Waals surface area contributed by atoms with Gasteiger partial charge < -0.3 is 9.47 Å². The van der Waals surface area contributed by atoms with Gasteiger partial charge in [-0.2, -0.15) is 0 Å². The van der Waals surface area contributed by atoms with Crippen LogP contribution in [0.5, 0.6) is 5.75 Å². The lowest BCUT2D eigenvalue weighted by Gasteiger charge is -2.11. The lowest BCUT2D eigenvalue weighted by atomic mass is 10.2. The van der Waals surface area contributed by atoms with E-state index < -0.39 is 18.5 Å². The summed E-state index contributed by atoms with van der Waals surface area (Å²) >= 11 is 10.4. The van der Waals surface area contributed by atoms with Gasteiger partial charge in [-0.05, 0) is 45.8 Å². The standard InChI is InChI=1S/C19H14BrClN2O4S/c20-16-9-22-19(28-16)23-17(24)11-27-18(25)14-3-1-2-4-15(14)26-10-12-5-7-13(21)8-6-12/h1-9H,10-11H2,(H,22,23,24). The zero-order valence-corrected chi connectivity index (χ0v) is 17.5. The van der Waals surface area contributed by atoms with Crippen molar-refractivity contribution < 1.29 is 19.1 Å². The SMILES string of the molecule is O=C(COC(=O)c1ccccc1OCc1ccc(Cl)cc1)Nc1ncc(Br)s1. The number of amides is 1. The average Bonchev–Trinajstić information content (AvgIpc) is 3.10. The van der Waals surface area contributed by atoms with Crippen LogP contribution in [0.15, 0.2) is 58.5 Å². The maximum absolute atomic E-state index is 12.4. The molecule has 9 heteroatoms. The number of para-hydroxylation sites is 1. The van der Waals surface area contributed by atoms with E-state index in [1.165, 1.54) is 11.3 Å². The molecular formula is C19H14BrClN2O4S. The third-order valence-electron chi connectivity index (χ3n) is 3.47. The summed E-state index contributed by atoms with van der Waals surface area (Å²) in [5, 5.41) is 3.61. The molecule has 1 aromatic heterocycles. The largest absolute Gasteiger partial charge is 0.488 e. The molecule has 0 fully saturated rings. The number of esters is 1. The summed E-state index contributed by atoms with van der Waals surface area (Å²) < 4.78 is 11.6. The van der Waals surface area contributed by atoms with Crippen LogP contribution in [0.1, 0.15) is 15.9 Å². The van der Waals surface area contributed by atoms with E-state index in [2.05, 4.69) is 26.2 Å². The average molecular weight is 482 g/mol. The number of aromatic nitrogens is 1. The van der Waals surface area contributed by atoms with Crippen molar-refractivity contribution in [2.45, 2.75) is 6.61 Å². The molecule has 0 atom stereocenters. The fourth-order valence-corrected chi connectivity index (χ4v) is 3.43. The highest BCUT2D eigenvalue weighted by atomic mass is 79.9. The van der Waals surface area contributed by atoms with Crippen molar-refractivity contribution in [3.63, 3.8) is 0 Å². The Hall–Kier alpha value is -2.42. The highest BCUT2D eigenvalue weighted by Crippen LogP contribution is 2.23. The molecule has 0 aliphatic heterocycles. The maximum atomic E-state index is 12.4. The summed E-state index contributed by atoms with van der Waals surface area (Å²) in [6.45, 7) is -0.164. The first kappa shape index (κ1) is 20.3. The Morgan fingerprint density at radius 1 is 1.14 bits per heavy atom. The van der Waals surface area contributed by atoms with Gasteiger partial charge in [-0.1, -0.05) is 47.2 Å². The molecule has 1 amide bonds. The number of hydrogen-bond donors (Lipinski definition) is 1. The number of benzene rings is 2. The molecule has 144 valence electrons. The van der Waals surface area contributed by atoms with Gasteiger partial charge in [0.05, 0.1) is 9.98 Å². The van der Waals surface area contributed by atoms with Gasteiger partial charge in [0.1, 0.15) is 17.9 Å². The van der Waals surface area contributed by atoms with Gasteiger partial charge >= 0.3 is 5.97 Å². The first-order valence-electron chi connectivity index (χ1n) is 8.06. The number of carbonyl (C=O) groups excluding carboxylic acids is 2. The maximum Gasteiger partial charge on any atom is 0.342 e. The molecule has 3 rings (SSSR count). The van der Waals surface area contributed by atoms with Crippen LogP contribution in [0.25, 0.3) is 0 Å². The van der Waals surface area contributed by atoms with E-state index in [9.17, 15) is 9.59 Å². The number of nitrogens with zero attached hydrogens (tertiary/aromatic N) is 1. The van der Waals surface area contributed by atoms with E-state index in [-0.39, 0.29) is 12.2 Å². The number of halogens is 2. The van der Waals surface area contributed by atoms with E-state index in [1.807, 2.05) is 12.1 Å². The van der Waals surface area contributed by atoms with Crippen LogP contribution in [-0.4, -0.2) is 23.5 Å². The monoisotopic (exact) mass is 480 g/mol. The lowest BCUT2D eigenvalue weighted by molar-refractivity contribution is -0.119.